The van der Waals surface area contributed by atoms with E-state index >= 15 is 0 Å². The van der Waals surface area contributed by atoms with Gasteiger partial charge in [-0.2, -0.15) is 20.5 Å². The number of anilines is 2. The first-order valence-corrected chi connectivity index (χ1v) is 16.7. The molecule has 4 aromatic rings. The molecule has 2 N–H and O–H groups in total. The van der Waals surface area contributed by atoms with Gasteiger partial charge in [0.15, 0.2) is 0 Å². The van der Waals surface area contributed by atoms with Crippen molar-refractivity contribution in [1.29, 1.82) is 0 Å². The zero-order valence-electron chi connectivity index (χ0n) is 27.3. The maximum Gasteiger partial charge on any atom is 0.119 e. The van der Waals surface area contributed by atoms with Gasteiger partial charge in [0.25, 0.3) is 0 Å². The van der Waals surface area contributed by atoms with E-state index in [1.165, 1.54) is 38.5 Å². The van der Waals surface area contributed by atoms with Crippen LogP contribution in [-0.2, 0) is 0 Å². The van der Waals surface area contributed by atoms with E-state index in [0.29, 0.717) is 0 Å². The van der Waals surface area contributed by atoms with Gasteiger partial charge in [0.05, 0.1) is 36.0 Å². The highest BCUT2D eigenvalue weighted by Crippen LogP contribution is 2.24. The Morgan fingerprint density at radius 1 is 0.413 bits per heavy atom. The molecular weight excluding hydrogens is 572 g/mol. The number of nitrogens with zero attached hydrogens (tertiary/aromatic N) is 4. The van der Waals surface area contributed by atoms with Crippen molar-refractivity contribution in [1.82, 2.24) is 0 Å². The maximum absolute atomic E-state index is 5.80. The fourth-order valence-corrected chi connectivity index (χ4v) is 4.59. The summed E-state index contributed by atoms with van der Waals surface area (Å²) in [7, 11) is 0. The molecule has 0 heterocycles. The van der Waals surface area contributed by atoms with Gasteiger partial charge in [-0.25, -0.2) is 0 Å². The number of rotatable bonds is 21. The minimum atomic E-state index is 0.755. The Hall–Kier alpha value is -4.72. The molecule has 0 aromatic heterocycles. The molecule has 0 aliphatic carbocycles. The van der Waals surface area contributed by atoms with Crippen LogP contribution in [0.1, 0.15) is 65.2 Å². The Kier molecular flexibility index (Phi) is 15.1. The SMILES string of the molecule is CCCCCCOc1ccc(/N=N/c2ccc(NCCNc3ccc(/N=N/c4ccc(OCCCCCC)cc4)cc3)cc2)cc1. The minimum absolute atomic E-state index is 0.755. The van der Waals surface area contributed by atoms with E-state index < -0.39 is 0 Å². The first-order chi connectivity index (χ1) is 22.7. The summed E-state index contributed by atoms with van der Waals surface area (Å²) < 4.78 is 11.6. The van der Waals surface area contributed by atoms with E-state index in [1.54, 1.807) is 0 Å². The fourth-order valence-electron chi connectivity index (χ4n) is 4.59. The Morgan fingerprint density at radius 2 is 0.739 bits per heavy atom. The molecule has 8 heteroatoms. The Bertz CT molecular complexity index is 1320. The normalized spacial score (nSPS) is 11.3. The summed E-state index contributed by atoms with van der Waals surface area (Å²) >= 11 is 0. The van der Waals surface area contributed by atoms with Gasteiger partial charge in [-0.1, -0.05) is 52.4 Å². The van der Waals surface area contributed by atoms with Crippen LogP contribution in [-0.4, -0.2) is 26.3 Å². The molecular formula is C38H48N6O2. The minimum Gasteiger partial charge on any atom is -0.494 e. The molecule has 46 heavy (non-hydrogen) atoms. The van der Waals surface area contributed by atoms with Gasteiger partial charge in [0.2, 0.25) is 0 Å². The average Bonchev–Trinajstić information content (AvgIpc) is 3.10. The molecule has 0 amide bonds. The first kappa shape index (κ1) is 34.2. The third-order valence-corrected chi connectivity index (χ3v) is 7.29. The predicted octanol–water partition coefficient (Wildman–Crippen LogP) is 12.0. The van der Waals surface area contributed by atoms with Crippen molar-refractivity contribution in [3.8, 4) is 11.5 Å². The molecule has 0 atom stereocenters. The molecule has 0 spiro atoms. The lowest BCUT2D eigenvalue weighted by atomic mass is 10.2. The van der Waals surface area contributed by atoms with Crippen LogP contribution in [0.15, 0.2) is 118 Å². The molecule has 4 rings (SSSR count). The van der Waals surface area contributed by atoms with Crippen LogP contribution < -0.4 is 20.1 Å². The number of nitrogens with one attached hydrogen (secondary N) is 2. The highest BCUT2D eigenvalue weighted by atomic mass is 16.5. The monoisotopic (exact) mass is 620 g/mol. The second kappa shape index (κ2) is 20.3. The van der Waals surface area contributed by atoms with Crippen LogP contribution >= 0.6 is 0 Å². The summed E-state index contributed by atoms with van der Waals surface area (Å²) in [5, 5.41) is 24.3. The molecule has 0 radical (unpaired) electrons. The van der Waals surface area contributed by atoms with Crippen LogP contribution in [0.5, 0.6) is 11.5 Å². The summed E-state index contributed by atoms with van der Waals surface area (Å²) in [5.74, 6) is 1.74. The maximum atomic E-state index is 5.80. The van der Waals surface area contributed by atoms with Gasteiger partial charge in [0.1, 0.15) is 11.5 Å². The van der Waals surface area contributed by atoms with Crippen molar-refractivity contribution in [2.45, 2.75) is 65.2 Å². The van der Waals surface area contributed by atoms with Crippen molar-refractivity contribution in [3.63, 3.8) is 0 Å². The lowest BCUT2D eigenvalue weighted by Gasteiger charge is -2.09. The van der Waals surface area contributed by atoms with Crippen LogP contribution in [0.4, 0.5) is 34.1 Å². The number of benzene rings is 4. The van der Waals surface area contributed by atoms with Gasteiger partial charge in [-0.3, -0.25) is 0 Å². The molecule has 0 saturated carbocycles. The summed E-state index contributed by atoms with van der Waals surface area (Å²) in [5.41, 5.74) is 5.26. The molecule has 0 fully saturated rings. The van der Waals surface area contributed by atoms with E-state index in [1.807, 2.05) is 97.1 Å². The highest BCUT2D eigenvalue weighted by Gasteiger charge is 1.99. The van der Waals surface area contributed by atoms with E-state index in [9.17, 15) is 0 Å². The summed E-state index contributed by atoms with van der Waals surface area (Å²) in [6.07, 6.45) is 9.59. The lowest BCUT2D eigenvalue weighted by Crippen LogP contribution is -2.13. The van der Waals surface area contributed by atoms with Gasteiger partial charge in [-0.15, -0.1) is 0 Å². The van der Waals surface area contributed by atoms with Gasteiger partial charge < -0.3 is 20.1 Å². The number of hydrogen-bond donors (Lipinski definition) is 2. The Labute approximate surface area is 274 Å². The van der Waals surface area contributed by atoms with Crippen molar-refractivity contribution in [2.24, 2.45) is 20.5 Å². The summed E-state index contributed by atoms with van der Waals surface area (Å²) in [6, 6.07) is 31.4. The molecule has 242 valence electrons. The molecule has 0 unspecified atom stereocenters. The van der Waals surface area contributed by atoms with Gasteiger partial charge >= 0.3 is 0 Å². The molecule has 0 saturated heterocycles. The number of azo groups is 2. The zero-order chi connectivity index (χ0) is 32.1. The second-order valence-electron chi connectivity index (χ2n) is 11.2. The quantitative estimate of drug-likeness (QED) is 0.0716. The van der Waals surface area contributed by atoms with E-state index in [0.717, 1.165) is 84.8 Å². The van der Waals surface area contributed by atoms with Crippen molar-refractivity contribution in [2.75, 3.05) is 36.9 Å². The summed E-state index contributed by atoms with van der Waals surface area (Å²) in [6.45, 7) is 7.48. The zero-order valence-corrected chi connectivity index (χ0v) is 27.3. The summed E-state index contributed by atoms with van der Waals surface area (Å²) in [4.78, 5) is 0. The fraction of sp³-hybridized carbons (Fsp3) is 0.368. The number of ether oxygens (including phenoxy) is 2. The van der Waals surface area contributed by atoms with E-state index in [2.05, 4.69) is 44.9 Å². The standard InChI is InChI=1S/C38H48N6O2/c1-3-5-7-9-29-45-37-23-19-35(20-24-37)43-41-33-15-11-31(12-16-33)39-27-28-40-32-13-17-34(18-14-32)42-44-36-21-25-38(26-22-36)46-30-10-8-6-4-2/h11-26,39-40H,3-10,27-30H2,1-2H3/b43-41+,44-42+. The van der Waals surface area contributed by atoms with Crippen LogP contribution in [0.3, 0.4) is 0 Å². The van der Waals surface area contributed by atoms with Crippen LogP contribution in [0.25, 0.3) is 0 Å². The van der Waals surface area contributed by atoms with E-state index in [4.69, 9.17) is 9.47 Å². The highest BCUT2D eigenvalue weighted by molar-refractivity contribution is 5.53. The smallest absolute Gasteiger partial charge is 0.119 e. The largest absolute Gasteiger partial charge is 0.494 e. The Balaban J connectivity index is 1.11. The molecule has 4 aromatic carbocycles. The van der Waals surface area contributed by atoms with Crippen molar-refractivity contribution >= 4 is 34.1 Å². The van der Waals surface area contributed by atoms with Crippen LogP contribution in [0, 0.1) is 0 Å². The molecule has 0 aliphatic heterocycles. The number of unbranched alkanes of at least 4 members (excludes halogenated alkanes) is 6. The predicted molar refractivity (Wildman–Crippen MR) is 190 cm³/mol. The van der Waals surface area contributed by atoms with Gasteiger partial charge in [-0.05, 0) is 110 Å². The van der Waals surface area contributed by atoms with Crippen molar-refractivity contribution in [3.05, 3.63) is 97.1 Å². The van der Waals surface area contributed by atoms with E-state index in [-0.39, 0.29) is 0 Å². The molecule has 8 nitrogen and oxygen atoms in total. The van der Waals surface area contributed by atoms with Gasteiger partial charge in [0, 0.05) is 24.5 Å². The average molecular weight is 621 g/mol. The third-order valence-electron chi connectivity index (χ3n) is 7.29. The third kappa shape index (κ3) is 13.1. The Morgan fingerprint density at radius 3 is 1.07 bits per heavy atom. The molecule has 0 bridgehead atoms. The second-order valence-corrected chi connectivity index (χ2v) is 11.2. The first-order valence-electron chi connectivity index (χ1n) is 16.7. The van der Waals surface area contributed by atoms with Crippen LogP contribution in [0.2, 0.25) is 0 Å². The lowest BCUT2D eigenvalue weighted by molar-refractivity contribution is 0.305. The number of hydrogen-bond acceptors (Lipinski definition) is 8. The van der Waals surface area contributed by atoms with Crippen molar-refractivity contribution < 1.29 is 9.47 Å². The topological polar surface area (TPSA) is 92.0 Å². The molecule has 0 aliphatic rings.